The number of likely N-dealkylation sites (N-methyl/N-ethyl adjacent to an activating group) is 1. The molecule has 0 radical (unpaired) electrons. The molecule has 102 valence electrons. The molecule has 0 spiro atoms. The van der Waals surface area contributed by atoms with Gasteiger partial charge < -0.3 is 15.1 Å². The molecule has 1 unspecified atom stereocenters. The first-order valence-corrected chi connectivity index (χ1v) is 6.59. The van der Waals surface area contributed by atoms with Crippen LogP contribution in [0.15, 0.2) is 0 Å². The molecule has 2 aliphatic heterocycles. The van der Waals surface area contributed by atoms with Gasteiger partial charge in [0.15, 0.2) is 5.15 Å². The summed E-state index contributed by atoms with van der Waals surface area (Å²) < 4.78 is 0. The maximum absolute atomic E-state index is 11.6. The monoisotopic (exact) mass is 282 g/mol. The molecular formula is C11H15ClN6O. The molecule has 0 saturated carbocycles. The fourth-order valence-corrected chi connectivity index (χ4v) is 2.68. The van der Waals surface area contributed by atoms with Crippen molar-refractivity contribution in [2.24, 2.45) is 0 Å². The van der Waals surface area contributed by atoms with Crippen molar-refractivity contribution in [1.29, 1.82) is 0 Å². The van der Waals surface area contributed by atoms with Crippen LogP contribution in [0.1, 0.15) is 12.1 Å². The summed E-state index contributed by atoms with van der Waals surface area (Å²) in [4.78, 5) is 19.8. The van der Waals surface area contributed by atoms with Gasteiger partial charge in [0.2, 0.25) is 5.95 Å². The van der Waals surface area contributed by atoms with Crippen molar-refractivity contribution in [3.8, 4) is 0 Å². The Balaban J connectivity index is 1.80. The Labute approximate surface area is 116 Å². The smallest absolute Gasteiger partial charge is 0.317 e. The lowest BCUT2D eigenvalue weighted by Crippen LogP contribution is -2.51. The highest BCUT2D eigenvalue weighted by molar-refractivity contribution is 6.29. The fraction of sp³-hybridized carbons (Fsp3) is 0.636. The van der Waals surface area contributed by atoms with Crippen molar-refractivity contribution < 1.29 is 4.79 Å². The van der Waals surface area contributed by atoms with E-state index in [1.165, 1.54) is 0 Å². The van der Waals surface area contributed by atoms with Gasteiger partial charge in [-0.2, -0.15) is 0 Å². The number of rotatable bonds is 1. The molecule has 0 aliphatic carbocycles. The number of fused-ring (bicyclic) bond motifs is 1. The predicted molar refractivity (Wildman–Crippen MR) is 70.3 cm³/mol. The Morgan fingerprint density at radius 2 is 2.21 bits per heavy atom. The quantitative estimate of drug-likeness (QED) is 0.809. The molecule has 2 amide bonds. The van der Waals surface area contributed by atoms with E-state index >= 15 is 0 Å². The Hall–Kier alpha value is -1.63. The number of aromatic nitrogens is 3. The molecule has 19 heavy (non-hydrogen) atoms. The maximum atomic E-state index is 11.6. The lowest BCUT2D eigenvalue weighted by molar-refractivity contribution is 0.214. The highest BCUT2D eigenvalue weighted by Crippen LogP contribution is 2.23. The van der Waals surface area contributed by atoms with Gasteiger partial charge in [-0.05, 0) is 13.3 Å². The van der Waals surface area contributed by atoms with E-state index < -0.39 is 0 Å². The molecule has 2 saturated heterocycles. The van der Waals surface area contributed by atoms with Crippen LogP contribution < -0.4 is 10.2 Å². The van der Waals surface area contributed by atoms with Gasteiger partial charge in [0, 0.05) is 20.1 Å². The van der Waals surface area contributed by atoms with E-state index in [0.717, 1.165) is 13.0 Å². The largest absolute Gasteiger partial charge is 0.337 e. The van der Waals surface area contributed by atoms with Crippen LogP contribution >= 0.6 is 11.6 Å². The second kappa shape index (κ2) is 4.48. The van der Waals surface area contributed by atoms with Gasteiger partial charge in [-0.1, -0.05) is 11.6 Å². The van der Waals surface area contributed by atoms with Gasteiger partial charge in [0.25, 0.3) is 0 Å². The van der Waals surface area contributed by atoms with Gasteiger partial charge in [-0.3, -0.25) is 0 Å². The molecule has 0 bridgehead atoms. The summed E-state index contributed by atoms with van der Waals surface area (Å²) >= 11 is 5.83. The van der Waals surface area contributed by atoms with Crippen LogP contribution in [0.4, 0.5) is 10.7 Å². The van der Waals surface area contributed by atoms with E-state index in [4.69, 9.17) is 11.6 Å². The lowest BCUT2D eigenvalue weighted by Gasteiger charge is -2.35. The number of anilines is 1. The average molecular weight is 283 g/mol. The van der Waals surface area contributed by atoms with E-state index in [0.29, 0.717) is 23.3 Å². The Kier molecular flexibility index (Phi) is 2.93. The summed E-state index contributed by atoms with van der Waals surface area (Å²) in [7, 11) is 1.82. The minimum Gasteiger partial charge on any atom is -0.337 e. The number of carbonyl (C=O) groups is 1. The molecule has 2 fully saturated rings. The van der Waals surface area contributed by atoms with Gasteiger partial charge in [0.1, 0.15) is 0 Å². The topological polar surface area (TPSA) is 74.2 Å². The second-order valence-corrected chi connectivity index (χ2v) is 5.31. The van der Waals surface area contributed by atoms with Crippen molar-refractivity contribution >= 4 is 23.6 Å². The molecule has 1 N–H and O–H groups in total. The number of carbonyl (C=O) groups excluding carboxylic acids is 1. The number of aryl methyl sites for hydroxylation is 1. The highest BCUT2D eigenvalue weighted by Gasteiger charge is 2.41. The summed E-state index contributed by atoms with van der Waals surface area (Å²) in [6, 6.07) is 0.360. The number of nitrogens with zero attached hydrogens (tertiary/aromatic N) is 5. The van der Waals surface area contributed by atoms with Crippen LogP contribution in [0.2, 0.25) is 5.15 Å². The molecule has 2 aliphatic rings. The molecule has 7 nitrogen and oxygen atoms in total. The normalized spacial score (nSPS) is 26.4. The zero-order valence-electron chi connectivity index (χ0n) is 10.8. The van der Waals surface area contributed by atoms with Crippen LogP contribution in [0.5, 0.6) is 0 Å². The number of halogens is 1. The van der Waals surface area contributed by atoms with Crippen molar-refractivity contribution in [3.63, 3.8) is 0 Å². The highest BCUT2D eigenvalue weighted by atomic mass is 35.5. The molecule has 1 aromatic rings. The third kappa shape index (κ3) is 2.07. The van der Waals surface area contributed by atoms with Crippen LogP contribution in [-0.2, 0) is 0 Å². The number of hydrogen-bond acceptors (Lipinski definition) is 5. The van der Waals surface area contributed by atoms with E-state index in [9.17, 15) is 4.79 Å². The maximum Gasteiger partial charge on any atom is 0.317 e. The SMILES string of the molecule is Cc1nc(N2CCC3NC(=O)N(C)[C@@H]3C2)nnc1Cl. The summed E-state index contributed by atoms with van der Waals surface area (Å²) in [5.74, 6) is 0.577. The van der Waals surface area contributed by atoms with E-state index in [1.54, 1.807) is 11.8 Å². The minimum absolute atomic E-state index is 0.0109. The molecule has 3 rings (SSSR count). The van der Waals surface area contributed by atoms with Gasteiger partial charge >= 0.3 is 6.03 Å². The number of amides is 2. The predicted octanol–water partition coefficient (Wildman–Crippen LogP) is 0.436. The lowest BCUT2D eigenvalue weighted by atomic mass is 10.0. The fourth-order valence-electron chi connectivity index (χ4n) is 2.60. The first-order chi connectivity index (χ1) is 9.06. The Morgan fingerprint density at radius 1 is 1.42 bits per heavy atom. The van der Waals surface area contributed by atoms with Crippen LogP contribution in [0, 0.1) is 6.92 Å². The van der Waals surface area contributed by atoms with Gasteiger partial charge in [-0.25, -0.2) is 9.78 Å². The Bertz CT molecular complexity index is 524. The molecule has 0 aromatic carbocycles. The molecule has 3 heterocycles. The third-order valence-corrected chi connectivity index (χ3v) is 4.13. The van der Waals surface area contributed by atoms with E-state index in [2.05, 4.69) is 20.5 Å². The number of urea groups is 1. The Morgan fingerprint density at radius 3 is 2.95 bits per heavy atom. The first-order valence-electron chi connectivity index (χ1n) is 6.21. The first kappa shape index (κ1) is 12.4. The second-order valence-electron chi connectivity index (χ2n) is 4.96. The number of piperidine rings is 1. The number of nitrogens with one attached hydrogen (secondary N) is 1. The molecule has 1 aromatic heterocycles. The molecule has 2 atom stereocenters. The molecular weight excluding hydrogens is 268 g/mol. The zero-order chi connectivity index (χ0) is 13.6. The summed E-state index contributed by atoms with van der Waals surface area (Å²) in [6.07, 6.45) is 0.881. The third-order valence-electron chi connectivity index (χ3n) is 3.78. The average Bonchev–Trinajstić information content (AvgIpc) is 2.68. The standard InChI is InChI=1S/C11H15ClN6O/c1-6-9(12)15-16-10(13-6)18-4-3-7-8(5-18)17(2)11(19)14-7/h7-8H,3-5H2,1-2H3,(H,14,19)/t7?,8-/m1/s1. The van der Waals surface area contributed by atoms with Crippen molar-refractivity contribution in [1.82, 2.24) is 25.4 Å². The molecule has 8 heteroatoms. The van der Waals surface area contributed by atoms with Crippen LogP contribution in [0.25, 0.3) is 0 Å². The van der Waals surface area contributed by atoms with Gasteiger partial charge in [0.05, 0.1) is 17.8 Å². The summed E-state index contributed by atoms with van der Waals surface area (Å²) in [6.45, 7) is 3.32. The zero-order valence-corrected chi connectivity index (χ0v) is 11.6. The van der Waals surface area contributed by atoms with Crippen LogP contribution in [0.3, 0.4) is 0 Å². The number of hydrogen-bond donors (Lipinski definition) is 1. The van der Waals surface area contributed by atoms with Gasteiger partial charge in [-0.15, -0.1) is 10.2 Å². The van der Waals surface area contributed by atoms with Crippen molar-refractivity contribution in [2.75, 3.05) is 25.0 Å². The summed E-state index contributed by atoms with van der Waals surface area (Å²) in [5, 5.41) is 11.2. The minimum atomic E-state index is -0.0109. The summed E-state index contributed by atoms with van der Waals surface area (Å²) in [5.41, 5.74) is 0.669. The van der Waals surface area contributed by atoms with Crippen molar-refractivity contribution in [2.45, 2.75) is 25.4 Å². The van der Waals surface area contributed by atoms with E-state index in [1.807, 2.05) is 11.9 Å². The van der Waals surface area contributed by atoms with Crippen molar-refractivity contribution in [3.05, 3.63) is 10.8 Å². The van der Waals surface area contributed by atoms with Crippen LogP contribution in [-0.4, -0.2) is 58.3 Å². The van der Waals surface area contributed by atoms with E-state index in [-0.39, 0.29) is 18.1 Å².